The first-order valence-electron chi connectivity index (χ1n) is 4.03. The number of anilines is 1. The fourth-order valence-electron chi connectivity index (χ4n) is 1.18. The summed E-state index contributed by atoms with van der Waals surface area (Å²) in [6, 6.07) is 3.02. The van der Waals surface area contributed by atoms with Gasteiger partial charge in [-0.1, -0.05) is 6.07 Å². The zero-order chi connectivity index (χ0) is 10.7. The van der Waals surface area contributed by atoms with Crippen LogP contribution in [0.2, 0.25) is 0 Å². The van der Waals surface area contributed by atoms with E-state index in [1.54, 1.807) is 0 Å². The van der Waals surface area contributed by atoms with Crippen molar-refractivity contribution in [1.29, 1.82) is 0 Å². The molecule has 0 aliphatic rings. The second-order valence-electron chi connectivity index (χ2n) is 2.98. The summed E-state index contributed by atoms with van der Waals surface area (Å²) in [5.74, 6) is -1.48. The van der Waals surface area contributed by atoms with Gasteiger partial charge in [-0.15, -0.1) is 0 Å². The number of carbonyl (C=O) groups is 1. The molecule has 0 saturated carbocycles. The highest BCUT2D eigenvalue weighted by molar-refractivity contribution is 5.68. The van der Waals surface area contributed by atoms with Crippen LogP contribution in [0.25, 0.3) is 0 Å². The van der Waals surface area contributed by atoms with Crippen LogP contribution in [-0.2, 0) is 4.79 Å². The maximum absolute atomic E-state index is 12.6. The van der Waals surface area contributed by atoms with Gasteiger partial charge in [-0.2, -0.15) is 0 Å². The predicted molar refractivity (Wildman–Crippen MR) is 50.0 cm³/mol. The molecule has 0 bridgehead atoms. The first kappa shape index (κ1) is 10.5. The molecule has 0 radical (unpaired) electrons. The van der Waals surface area contributed by atoms with E-state index < -0.39 is 17.8 Å². The monoisotopic (exact) mass is 198 g/mol. The van der Waals surface area contributed by atoms with Crippen molar-refractivity contribution in [2.45, 2.75) is 12.5 Å². The van der Waals surface area contributed by atoms with E-state index in [0.29, 0.717) is 5.56 Å². The Hall–Kier alpha value is -1.62. The minimum absolute atomic E-state index is 0.179. The number of hydrogen-bond acceptors (Lipinski definition) is 3. The highest BCUT2D eigenvalue weighted by atomic mass is 19.1. The number of halogens is 1. The molecular formula is C9H11FN2O2. The third-order valence-corrected chi connectivity index (χ3v) is 1.84. The summed E-state index contributed by atoms with van der Waals surface area (Å²) in [6.45, 7) is 0. The second kappa shape index (κ2) is 4.06. The van der Waals surface area contributed by atoms with E-state index in [1.165, 1.54) is 12.1 Å². The summed E-state index contributed by atoms with van der Waals surface area (Å²) < 4.78 is 12.6. The molecule has 0 heterocycles. The number of nitrogen functional groups attached to an aromatic ring is 1. The molecule has 0 aromatic heterocycles. The summed E-state index contributed by atoms with van der Waals surface area (Å²) in [7, 11) is 0. The fraction of sp³-hybridized carbons (Fsp3) is 0.222. The normalized spacial score (nSPS) is 12.4. The Morgan fingerprint density at radius 2 is 2.21 bits per heavy atom. The van der Waals surface area contributed by atoms with Gasteiger partial charge in [0.1, 0.15) is 5.82 Å². The Morgan fingerprint density at radius 1 is 1.57 bits per heavy atom. The lowest BCUT2D eigenvalue weighted by molar-refractivity contribution is -0.137. The zero-order valence-corrected chi connectivity index (χ0v) is 7.40. The largest absolute Gasteiger partial charge is 0.481 e. The minimum atomic E-state index is -1.01. The Morgan fingerprint density at radius 3 is 2.71 bits per heavy atom. The van der Waals surface area contributed by atoms with E-state index >= 15 is 0 Å². The third-order valence-electron chi connectivity index (χ3n) is 1.84. The average molecular weight is 198 g/mol. The fourth-order valence-corrected chi connectivity index (χ4v) is 1.18. The topological polar surface area (TPSA) is 89.3 Å². The van der Waals surface area contributed by atoms with E-state index in [0.717, 1.165) is 6.07 Å². The second-order valence-corrected chi connectivity index (χ2v) is 2.98. The van der Waals surface area contributed by atoms with Gasteiger partial charge in [-0.05, 0) is 17.7 Å². The van der Waals surface area contributed by atoms with Crippen LogP contribution >= 0.6 is 0 Å². The lowest BCUT2D eigenvalue weighted by atomic mass is 10.0. The summed E-state index contributed by atoms with van der Waals surface area (Å²) in [6.07, 6.45) is -0.226. The van der Waals surface area contributed by atoms with Crippen LogP contribution in [-0.4, -0.2) is 11.1 Å². The molecule has 0 aliphatic carbocycles. The van der Waals surface area contributed by atoms with Crippen molar-refractivity contribution in [2.75, 3.05) is 5.73 Å². The molecule has 1 aromatic rings. The first-order valence-corrected chi connectivity index (χ1v) is 4.03. The first-order chi connectivity index (χ1) is 6.50. The van der Waals surface area contributed by atoms with Gasteiger partial charge in [0.15, 0.2) is 0 Å². The Bertz CT molecular complexity index is 355. The van der Waals surface area contributed by atoms with Gasteiger partial charge in [-0.25, -0.2) is 4.39 Å². The van der Waals surface area contributed by atoms with Crippen molar-refractivity contribution in [3.63, 3.8) is 0 Å². The van der Waals surface area contributed by atoms with Crippen molar-refractivity contribution in [3.8, 4) is 0 Å². The van der Waals surface area contributed by atoms with Crippen LogP contribution in [0.1, 0.15) is 18.0 Å². The number of aliphatic carboxylic acids is 1. The molecule has 1 rings (SSSR count). The Labute approximate surface area is 80.3 Å². The van der Waals surface area contributed by atoms with E-state index in [2.05, 4.69) is 0 Å². The molecule has 1 atom stereocenters. The maximum Gasteiger partial charge on any atom is 0.305 e. The molecule has 0 fully saturated rings. The van der Waals surface area contributed by atoms with E-state index in [9.17, 15) is 9.18 Å². The van der Waals surface area contributed by atoms with Crippen molar-refractivity contribution >= 4 is 11.7 Å². The summed E-state index contributed by atoms with van der Waals surface area (Å²) in [5.41, 5.74) is 11.7. The van der Waals surface area contributed by atoms with Gasteiger partial charge in [0, 0.05) is 11.7 Å². The van der Waals surface area contributed by atoms with Gasteiger partial charge in [0.2, 0.25) is 0 Å². The van der Waals surface area contributed by atoms with Gasteiger partial charge in [0.25, 0.3) is 0 Å². The van der Waals surface area contributed by atoms with Crippen LogP contribution in [0.5, 0.6) is 0 Å². The van der Waals surface area contributed by atoms with Crippen molar-refractivity contribution < 1.29 is 14.3 Å². The molecule has 1 aromatic carbocycles. The average Bonchev–Trinajstić information content (AvgIpc) is 2.01. The van der Waals surface area contributed by atoms with Crippen LogP contribution in [0.15, 0.2) is 18.2 Å². The predicted octanol–water partition coefficient (Wildman–Crippen LogP) is 0.882. The maximum atomic E-state index is 12.6. The lowest BCUT2D eigenvalue weighted by Crippen LogP contribution is -2.16. The van der Waals surface area contributed by atoms with Crippen molar-refractivity contribution in [1.82, 2.24) is 0 Å². The number of carboxylic acid groups (broad SMARTS) is 1. The van der Waals surface area contributed by atoms with Crippen LogP contribution in [0.3, 0.4) is 0 Å². The smallest absolute Gasteiger partial charge is 0.305 e. The number of carboxylic acids is 1. The van der Waals surface area contributed by atoms with E-state index in [4.69, 9.17) is 16.6 Å². The Kier molecular flexibility index (Phi) is 3.03. The number of rotatable bonds is 3. The number of benzene rings is 1. The van der Waals surface area contributed by atoms with Gasteiger partial charge >= 0.3 is 5.97 Å². The van der Waals surface area contributed by atoms with Gasteiger partial charge < -0.3 is 16.6 Å². The van der Waals surface area contributed by atoms with Crippen LogP contribution in [0, 0.1) is 5.82 Å². The molecule has 0 amide bonds. The molecule has 0 unspecified atom stereocenters. The highest BCUT2D eigenvalue weighted by Crippen LogP contribution is 2.21. The molecule has 0 saturated heterocycles. The van der Waals surface area contributed by atoms with Crippen molar-refractivity contribution in [2.24, 2.45) is 5.73 Å². The molecule has 4 nitrogen and oxygen atoms in total. The van der Waals surface area contributed by atoms with Crippen LogP contribution in [0.4, 0.5) is 10.1 Å². The zero-order valence-electron chi connectivity index (χ0n) is 7.40. The van der Waals surface area contributed by atoms with Gasteiger partial charge in [-0.3, -0.25) is 4.79 Å². The third kappa shape index (κ3) is 2.43. The standard InChI is InChI=1S/C9H11FN2O2/c10-5-1-2-6(7(11)3-5)8(12)4-9(13)14/h1-3,8H,4,11-12H2,(H,13,14)/t8-/m1/s1. The SMILES string of the molecule is Nc1cc(F)ccc1[C@H](N)CC(=O)O. The van der Waals surface area contributed by atoms with Gasteiger partial charge in [0.05, 0.1) is 6.42 Å². The molecule has 76 valence electrons. The van der Waals surface area contributed by atoms with E-state index in [-0.39, 0.29) is 12.1 Å². The lowest BCUT2D eigenvalue weighted by Gasteiger charge is -2.11. The number of hydrogen-bond donors (Lipinski definition) is 3. The quantitative estimate of drug-likeness (QED) is 0.629. The molecule has 14 heavy (non-hydrogen) atoms. The molecule has 0 spiro atoms. The molecule has 5 heteroatoms. The minimum Gasteiger partial charge on any atom is -0.481 e. The number of nitrogens with two attached hydrogens (primary N) is 2. The van der Waals surface area contributed by atoms with Crippen molar-refractivity contribution in [3.05, 3.63) is 29.6 Å². The highest BCUT2D eigenvalue weighted by Gasteiger charge is 2.13. The summed E-state index contributed by atoms with van der Waals surface area (Å²) in [5, 5.41) is 8.50. The summed E-state index contributed by atoms with van der Waals surface area (Å²) in [4.78, 5) is 10.4. The van der Waals surface area contributed by atoms with Crippen LogP contribution < -0.4 is 11.5 Å². The summed E-state index contributed by atoms with van der Waals surface area (Å²) >= 11 is 0. The Balaban J connectivity index is 2.90. The molecular weight excluding hydrogens is 187 g/mol. The van der Waals surface area contributed by atoms with E-state index in [1.807, 2.05) is 0 Å². The molecule has 0 aliphatic heterocycles. The molecule has 5 N–H and O–H groups in total.